The van der Waals surface area contributed by atoms with Gasteiger partial charge in [0.2, 0.25) is 5.91 Å². The van der Waals surface area contributed by atoms with Gasteiger partial charge >= 0.3 is 0 Å². The number of hydrogen-bond donors (Lipinski definition) is 2. The number of nitrogens with two attached hydrogens (primary N) is 1. The summed E-state index contributed by atoms with van der Waals surface area (Å²) < 4.78 is 0. The zero-order chi connectivity index (χ0) is 18.9. The van der Waals surface area contributed by atoms with Crippen molar-refractivity contribution in [2.24, 2.45) is 11.1 Å². The van der Waals surface area contributed by atoms with Gasteiger partial charge in [0.1, 0.15) is 0 Å². The molecule has 0 heterocycles. The van der Waals surface area contributed by atoms with Gasteiger partial charge in [-0.25, -0.2) is 0 Å². The molecule has 0 aliphatic carbocycles. The average Bonchev–Trinajstić information content (AvgIpc) is 2.63. The van der Waals surface area contributed by atoms with Crippen LogP contribution in [-0.2, 0) is 4.79 Å². The van der Waals surface area contributed by atoms with Gasteiger partial charge in [-0.15, -0.1) is 13.2 Å². The van der Waals surface area contributed by atoms with Gasteiger partial charge in [-0.05, 0) is 37.1 Å². The Labute approximate surface area is 150 Å². The van der Waals surface area contributed by atoms with Crippen LogP contribution in [0.1, 0.15) is 37.0 Å². The first-order valence-corrected chi connectivity index (χ1v) is 8.60. The molecular weight excluding hydrogens is 314 g/mol. The first-order chi connectivity index (χ1) is 12.0. The van der Waals surface area contributed by atoms with E-state index in [2.05, 4.69) is 18.5 Å². The lowest BCUT2D eigenvalue weighted by atomic mass is 9.81. The van der Waals surface area contributed by atoms with Gasteiger partial charge < -0.3 is 16.0 Å². The predicted octanol–water partition coefficient (Wildman–Crippen LogP) is 3.20. The van der Waals surface area contributed by atoms with E-state index in [1.54, 1.807) is 41.3 Å². The molecule has 1 rings (SSSR count). The number of nitrogens with zero attached hydrogens (tertiary/aromatic N) is 1. The Morgan fingerprint density at radius 1 is 1.12 bits per heavy atom. The zero-order valence-electron chi connectivity index (χ0n) is 15.3. The maximum absolute atomic E-state index is 12.5. The van der Waals surface area contributed by atoms with Crippen molar-refractivity contribution in [2.75, 3.05) is 25.0 Å². The minimum Gasteiger partial charge on any atom is -0.331 e. The number of benzene rings is 1. The highest BCUT2D eigenvalue weighted by molar-refractivity contribution is 5.97. The van der Waals surface area contributed by atoms with Crippen LogP contribution < -0.4 is 11.1 Å². The van der Waals surface area contributed by atoms with Crippen LogP contribution in [0, 0.1) is 5.41 Å². The molecule has 0 atom stereocenters. The molecular formula is C20H29N3O2. The molecule has 0 saturated carbocycles. The van der Waals surface area contributed by atoms with Gasteiger partial charge in [-0.2, -0.15) is 0 Å². The van der Waals surface area contributed by atoms with Gasteiger partial charge in [-0.1, -0.05) is 26.0 Å². The molecule has 0 unspecified atom stereocenters. The highest BCUT2D eigenvalue weighted by Crippen LogP contribution is 2.27. The summed E-state index contributed by atoms with van der Waals surface area (Å²) in [4.78, 5) is 26.7. The minimum absolute atomic E-state index is 0.0842. The summed E-state index contributed by atoms with van der Waals surface area (Å²) in [6, 6.07) is 6.88. The van der Waals surface area contributed by atoms with E-state index in [4.69, 9.17) is 5.73 Å². The van der Waals surface area contributed by atoms with Crippen molar-refractivity contribution in [2.45, 2.75) is 26.7 Å². The summed E-state index contributed by atoms with van der Waals surface area (Å²) in [5, 5.41) is 2.91. The van der Waals surface area contributed by atoms with Gasteiger partial charge in [0.05, 0.1) is 5.41 Å². The van der Waals surface area contributed by atoms with Crippen molar-refractivity contribution in [3.05, 3.63) is 55.1 Å². The molecule has 1 aromatic carbocycles. The third-order valence-electron chi connectivity index (χ3n) is 4.60. The quantitative estimate of drug-likeness (QED) is 0.641. The lowest BCUT2D eigenvalue weighted by Crippen LogP contribution is -2.41. The fraction of sp³-hybridized carbons (Fsp3) is 0.400. The first-order valence-electron chi connectivity index (χ1n) is 8.60. The second kappa shape index (κ2) is 9.79. The van der Waals surface area contributed by atoms with Crippen LogP contribution in [0.2, 0.25) is 0 Å². The van der Waals surface area contributed by atoms with Crippen molar-refractivity contribution < 1.29 is 9.59 Å². The molecule has 0 aliphatic rings. The Morgan fingerprint density at radius 2 is 1.64 bits per heavy atom. The van der Waals surface area contributed by atoms with Crippen molar-refractivity contribution in [1.29, 1.82) is 0 Å². The molecule has 0 aromatic heterocycles. The smallest absolute Gasteiger partial charge is 0.254 e. The molecule has 1 aromatic rings. The molecule has 136 valence electrons. The molecule has 0 bridgehead atoms. The Balaban J connectivity index is 2.88. The number of rotatable bonds is 10. The molecule has 5 heteroatoms. The van der Waals surface area contributed by atoms with Crippen LogP contribution in [0.25, 0.3) is 0 Å². The van der Waals surface area contributed by atoms with Gasteiger partial charge in [0.25, 0.3) is 5.91 Å². The molecule has 0 radical (unpaired) electrons. The molecule has 0 aliphatic heterocycles. The van der Waals surface area contributed by atoms with E-state index in [0.717, 1.165) is 0 Å². The molecule has 0 spiro atoms. The lowest BCUT2D eigenvalue weighted by molar-refractivity contribution is -0.125. The monoisotopic (exact) mass is 343 g/mol. The van der Waals surface area contributed by atoms with E-state index in [1.165, 1.54) is 0 Å². The number of anilines is 1. The third kappa shape index (κ3) is 5.03. The van der Waals surface area contributed by atoms with Crippen molar-refractivity contribution in [3.63, 3.8) is 0 Å². The molecule has 2 amide bonds. The Bertz CT molecular complexity index is 586. The van der Waals surface area contributed by atoms with E-state index < -0.39 is 5.41 Å². The van der Waals surface area contributed by atoms with Crippen molar-refractivity contribution >= 4 is 17.5 Å². The minimum atomic E-state index is -0.556. The molecule has 5 nitrogen and oxygen atoms in total. The Kier molecular flexibility index (Phi) is 8.08. The standard InChI is InChI=1S/C20H29N3O2/c1-5-13-23(14-6-2)18(24)16-9-11-17(12-10-16)22-19(25)20(7-3,8-4)15-21/h5-6,9-12H,1-2,7-8,13-15,21H2,3-4H3,(H,22,25). The molecule has 0 saturated heterocycles. The van der Waals surface area contributed by atoms with Crippen LogP contribution in [-0.4, -0.2) is 36.3 Å². The fourth-order valence-corrected chi connectivity index (χ4v) is 2.65. The topological polar surface area (TPSA) is 75.4 Å². The second-order valence-electron chi connectivity index (χ2n) is 6.01. The lowest BCUT2D eigenvalue weighted by Gasteiger charge is -2.28. The maximum Gasteiger partial charge on any atom is 0.254 e. The fourth-order valence-electron chi connectivity index (χ4n) is 2.65. The van der Waals surface area contributed by atoms with E-state index in [0.29, 0.717) is 43.7 Å². The molecule has 0 fully saturated rings. The molecule has 25 heavy (non-hydrogen) atoms. The number of hydrogen-bond acceptors (Lipinski definition) is 3. The van der Waals surface area contributed by atoms with E-state index in [1.807, 2.05) is 13.8 Å². The van der Waals surface area contributed by atoms with E-state index >= 15 is 0 Å². The number of amides is 2. The SMILES string of the molecule is C=CCN(CC=C)C(=O)c1ccc(NC(=O)C(CC)(CC)CN)cc1. The second-order valence-corrected chi connectivity index (χ2v) is 6.01. The van der Waals surface area contributed by atoms with Crippen LogP contribution in [0.15, 0.2) is 49.6 Å². The predicted molar refractivity (Wildman–Crippen MR) is 103 cm³/mol. The third-order valence-corrected chi connectivity index (χ3v) is 4.60. The van der Waals surface area contributed by atoms with Gasteiger partial charge in [0, 0.05) is 30.9 Å². The van der Waals surface area contributed by atoms with E-state index in [-0.39, 0.29) is 11.8 Å². The normalized spacial score (nSPS) is 10.8. The highest BCUT2D eigenvalue weighted by Gasteiger charge is 2.33. The van der Waals surface area contributed by atoms with Crippen LogP contribution in [0.5, 0.6) is 0 Å². The van der Waals surface area contributed by atoms with Crippen molar-refractivity contribution in [1.82, 2.24) is 4.90 Å². The highest BCUT2D eigenvalue weighted by atomic mass is 16.2. The summed E-state index contributed by atoms with van der Waals surface area (Å²) in [7, 11) is 0. The Morgan fingerprint density at radius 3 is 2.04 bits per heavy atom. The van der Waals surface area contributed by atoms with Crippen LogP contribution in [0.4, 0.5) is 5.69 Å². The summed E-state index contributed by atoms with van der Waals surface area (Å²) in [5.41, 5.74) is 6.46. The maximum atomic E-state index is 12.5. The summed E-state index contributed by atoms with van der Waals surface area (Å²) in [5.74, 6) is -0.185. The first kappa shape index (κ1) is 20.6. The summed E-state index contributed by atoms with van der Waals surface area (Å²) in [6.45, 7) is 12.5. The number of nitrogens with one attached hydrogen (secondary N) is 1. The molecule has 3 N–H and O–H groups in total. The number of carbonyl (C=O) groups is 2. The summed E-state index contributed by atoms with van der Waals surface area (Å²) >= 11 is 0. The Hall–Kier alpha value is -2.40. The number of carbonyl (C=O) groups excluding carboxylic acids is 2. The van der Waals surface area contributed by atoms with E-state index in [9.17, 15) is 9.59 Å². The van der Waals surface area contributed by atoms with Gasteiger partial charge in [0.15, 0.2) is 0 Å². The zero-order valence-corrected chi connectivity index (χ0v) is 15.3. The largest absolute Gasteiger partial charge is 0.331 e. The van der Waals surface area contributed by atoms with Crippen LogP contribution in [0.3, 0.4) is 0 Å². The summed E-state index contributed by atoms with van der Waals surface area (Å²) in [6.07, 6.45) is 4.72. The van der Waals surface area contributed by atoms with Gasteiger partial charge in [-0.3, -0.25) is 9.59 Å². The van der Waals surface area contributed by atoms with Crippen LogP contribution >= 0.6 is 0 Å². The average molecular weight is 343 g/mol. The van der Waals surface area contributed by atoms with Crippen molar-refractivity contribution in [3.8, 4) is 0 Å².